The van der Waals surface area contributed by atoms with Crippen LogP contribution in [0.4, 0.5) is 0 Å². The number of nitriles is 1. The van der Waals surface area contributed by atoms with E-state index in [1.807, 2.05) is 0 Å². The number of hydrogen-bond acceptors (Lipinski definition) is 3. The molecule has 0 heterocycles. The van der Waals surface area contributed by atoms with Gasteiger partial charge in [0.25, 0.3) is 0 Å². The van der Waals surface area contributed by atoms with Crippen molar-refractivity contribution in [2.45, 2.75) is 69.2 Å². The van der Waals surface area contributed by atoms with Crippen LogP contribution >= 0.6 is 0 Å². The van der Waals surface area contributed by atoms with E-state index in [9.17, 15) is 10.1 Å². The molecule has 0 N–H and O–H groups in total. The number of hydrogen-bond donors (Lipinski definition) is 0. The summed E-state index contributed by atoms with van der Waals surface area (Å²) in [4.78, 5) is 13.0. The fourth-order valence-corrected chi connectivity index (χ4v) is 6.16. The first-order chi connectivity index (χ1) is 10.8. The second-order valence-corrected chi connectivity index (χ2v) is 12.3. The Morgan fingerprint density at radius 1 is 1.22 bits per heavy atom. The lowest BCUT2D eigenvalue weighted by molar-refractivity contribution is -0.137. The third-order valence-electron chi connectivity index (χ3n) is 5.43. The molecule has 1 aromatic carbocycles. The van der Waals surface area contributed by atoms with E-state index in [4.69, 9.17) is 4.43 Å². The number of aryl methyl sites for hydroxylation is 1. The van der Waals surface area contributed by atoms with Crippen LogP contribution in [-0.2, 0) is 21.1 Å². The topological polar surface area (TPSA) is 50.1 Å². The van der Waals surface area contributed by atoms with Crippen LogP contribution in [0.5, 0.6) is 0 Å². The number of ketones is 1. The van der Waals surface area contributed by atoms with E-state index in [2.05, 4.69) is 50.0 Å². The monoisotopic (exact) mass is 327 g/mol. The van der Waals surface area contributed by atoms with E-state index >= 15 is 0 Å². The van der Waals surface area contributed by atoms with Crippen molar-refractivity contribution in [2.75, 3.05) is 0 Å². The molecule has 1 saturated carbocycles. The number of benzene rings is 1. The van der Waals surface area contributed by atoms with E-state index < -0.39 is 13.9 Å². The first kappa shape index (κ1) is 16.4. The smallest absolute Gasteiger partial charge is 0.185 e. The Morgan fingerprint density at radius 3 is 2.65 bits per heavy atom. The van der Waals surface area contributed by atoms with Crippen LogP contribution in [0.1, 0.15) is 43.2 Å². The zero-order chi connectivity index (χ0) is 16.7. The van der Waals surface area contributed by atoms with Gasteiger partial charge in [-0.2, -0.15) is 5.26 Å². The van der Waals surface area contributed by atoms with Crippen molar-refractivity contribution in [3.63, 3.8) is 0 Å². The molecule has 122 valence electrons. The lowest BCUT2D eigenvalue weighted by Gasteiger charge is -2.51. The highest BCUT2D eigenvalue weighted by Gasteiger charge is 2.64. The van der Waals surface area contributed by atoms with Gasteiger partial charge >= 0.3 is 0 Å². The average Bonchev–Trinajstić information content (AvgIpc) is 2.78. The van der Waals surface area contributed by atoms with Crippen molar-refractivity contribution < 1.29 is 9.22 Å². The van der Waals surface area contributed by atoms with Crippen molar-refractivity contribution in [1.29, 1.82) is 5.26 Å². The molecule has 0 radical (unpaired) electrons. The van der Waals surface area contributed by atoms with Gasteiger partial charge in [0.1, 0.15) is 5.60 Å². The molecule has 3 rings (SSSR count). The summed E-state index contributed by atoms with van der Waals surface area (Å²) in [6.45, 7) is 6.47. The van der Waals surface area contributed by atoms with Gasteiger partial charge in [0.2, 0.25) is 0 Å². The summed E-state index contributed by atoms with van der Waals surface area (Å²) in [5.41, 5.74) is 1.57. The molecule has 23 heavy (non-hydrogen) atoms. The Balaban J connectivity index is 2.19. The van der Waals surface area contributed by atoms with Gasteiger partial charge in [-0.25, -0.2) is 0 Å². The second kappa shape index (κ2) is 5.57. The zero-order valence-electron chi connectivity index (χ0n) is 14.3. The van der Waals surface area contributed by atoms with Crippen molar-refractivity contribution in [2.24, 2.45) is 0 Å². The van der Waals surface area contributed by atoms with E-state index in [1.165, 1.54) is 11.1 Å². The third kappa shape index (κ3) is 2.47. The Kier molecular flexibility index (Phi) is 3.98. The number of Topliss-reactive ketones (excluding diaryl/α,β-unsaturated/α-hetero) is 1. The molecule has 0 unspecified atom stereocenters. The lowest BCUT2D eigenvalue weighted by atomic mass is 9.60. The fraction of sp³-hybridized carbons (Fsp3) is 0.579. The Morgan fingerprint density at radius 2 is 1.96 bits per heavy atom. The molecule has 4 heteroatoms. The molecular formula is C19H25NO2Si. The first-order valence-corrected chi connectivity index (χ1v) is 11.9. The zero-order valence-corrected chi connectivity index (χ0v) is 15.3. The minimum atomic E-state index is -1.89. The van der Waals surface area contributed by atoms with E-state index in [0.29, 0.717) is 12.8 Å². The van der Waals surface area contributed by atoms with Gasteiger partial charge in [-0.3, -0.25) is 4.79 Å². The molecule has 2 aliphatic carbocycles. The van der Waals surface area contributed by atoms with Crippen molar-refractivity contribution in [1.82, 2.24) is 0 Å². The van der Waals surface area contributed by atoms with E-state index in [1.54, 1.807) is 0 Å². The van der Waals surface area contributed by atoms with Gasteiger partial charge in [-0.1, -0.05) is 24.3 Å². The van der Waals surface area contributed by atoms with Crippen molar-refractivity contribution in [3.8, 4) is 6.07 Å². The SMILES string of the molecule is C[Si](C)(C)O[C@@]12CCc3ccccc3[C@]1(CCC#N)CCC2=O. The van der Waals surface area contributed by atoms with Crippen LogP contribution in [0, 0.1) is 11.3 Å². The third-order valence-corrected chi connectivity index (χ3v) is 6.39. The largest absolute Gasteiger partial charge is 0.404 e. The summed E-state index contributed by atoms with van der Waals surface area (Å²) in [6.07, 6.45) is 4.23. The minimum Gasteiger partial charge on any atom is -0.404 e. The summed E-state index contributed by atoms with van der Waals surface area (Å²) >= 11 is 0. The lowest BCUT2D eigenvalue weighted by Crippen LogP contribution is -2.60. The molecule has 1 fully saturated rings. The van der Waals surface area contributed by atoms with Crippen LogP contribution in [0.2, 0.25) is 19.6 Å². The Labute approximate surface area is 139 Å². The van der Waals surface area contributed by atoms with Gasteiger partial charge < -0.3 is 4.43 Å². The average molecular weight is 328 g/mol. The summed E-state index contributed by atoms with van der Waals surface area (Å²) in [6, 6.07) is 10.7. The first-order valence-electron chi connectivity index (χ1n) is 8.53. The second-order valence-electron chi connectivity index (χ2n) is 7.86. The van der Waals surface area contributed by atoms with Gasteiger partial charge in [0.15, 0.2) is 14.1 Å². The standard InChI is InChI=1S/C19H25NO2Si/c1-23(2,3)22-19-13-9-15-7-4-5-8-16(15)18(19,11-6-14-20)12-10-17(19)21/h4-5,7-8H,6,9-13H2,1-3H3/t18-,19+/m0/s1. The van der Waals surface area contributed by atoms with Crippen LogP contribution in [0.15, 0.2) is 24.3 Å². The van der Waals surface area contributed by atoms with E-state index in [0.717, 1.165) is 25.7 Å². The molecule has 2 atom stereocenters. The van der Waals surface area contributed by atoms with Gasteiger partial charge in [-0.05, 0) is 56.5 Å². The number of rotatable bonds is 4. The molecule has 0 aromatic heterocycles. The summed E-state index contributed by atoms with van der Waals surface area (Å²) < 4.78 is 6.64. The maximum Gasteiger partial charge on any atom is 0.185 e. The highest BCUT2D eigenvalue weighted by atomic mass is 28.4. The molecule has 0 spiro atoms. The maximum atomic E-state index is 13.0. The summed E-state index contributed by atoms with van der Waals surface area (Å²) in [5.74, 6) is 0.257. The molecule has 0 aliphatic heterocycles. The van der Waals surface area contributed by atoms with Crippen molar-refractivity contribution >= 4 is 14.1 Å². The normalized spacial score (nSPS) is 29.7. The fourth-order valence-electron chi connectivity index (χ4n) is 4.70. The molecular weight excluding hydrogens is 302 g/mol. The molecule has 0 saturated heterocycles. The predicted molar refractivity (Wildman–Crippen MR) is 92.7 cm³/mol. The maximum absolute atomic E-state index is 13.0. The summed E-state index contributed by atoms with van der Waals surface area (Å²) in [7, 11) is -1.89. The van der Waals surface area contributed by atoms with Gasteiger partial charge in [-0.15, -0.1) is 0 Å². The van der Waals surface area contributed by atoms with Crippen LogP contribution in [0.25, 0.3) is 0 Å². The van der Waals surface area contributed by atoms with Crippen LogP contribution < -0.4 is 0 Å². The van der Waals surface area contributed by atoms with Crippen molar-refractivity contribution in [3.05, 3.63) is 35.4 Å². The Bertz CT molecular complexity index is 673. The number of carbonyl (C=O) groups is 1. The van der Waals surface area contributed by atoms with E-state index in [-0.39, 0.29) is 11.2 Å². The highest BCUT2D eigenvalue weighted by molar-refractivity contribution is 6.70. The number of carbonyl (C=O) groups excluding carboxylic acids is 1. The highest BCUT2D eigenvalue weighted by Crippen LogP contribution is 2.57. The Hall–Kier alpha value is -1.44. The quantitative estimate of drug-likeness (QED) is 0.781. The van der Waals surface area contributed by atoms with Crippen LogP contribution in [0.3, 0.4) is 0 Å². The predicted octanol–water partition coefficient (Wildman–Crippen LogP) is 4.13. The number of fused-ring (bicyclic) bond motifs is 3. The molecule has 3 nitrogen and oxygen atoms in total. The molecule has 0 bridgehead atoms. The van der Waals surface area contributed by atoms with Gasteiger partial charge in [0.05, 0.1) is 6.07 Å². The molecule has 0 amide bonds. The summed E-state index contributed by atoms with van der Waals surface area (Å²) in [5, 5.41) is 9.18. The van der Waals surface area contributed by atoms with Gasteiger partial charge in [0, 0.05) is 18.3 Å². The minimum absolute atomic E-state index is 0.257. The molecule has 1 aromatic rings. The number of nitrogens with zero attached hydrogens (tertiary/aromatic N) is 1. The molecule has 2 aliphatic rings. The van der Waals surface area contributed by atoms with Crippen LogP contribution in [-0.4, -0.2) is 19.7 Å².